The van der Waals surface area contributed by atoms with Gasteiger partial charge in [0.1, 0.15) is 0 Å². The predicted octanol–water partition coefficient (Wildman–Crippen LogP) is 4.20. The Labute approximate surface area is 105 Å². The van der Waals surface area contributed by atoms with Gasteiger partial charge in [-0.15, -0.1) is 0 Å². The number of nitrogens with zero attached hydrogens (tertiary/aromatic N) is 3. The Balaban J connectivity index is 2.07. The van der Waals surface area contributed by atoms with Crippen LogP contribution < -0.4 is 5.01 Å². The Kier molecular flexibility index (Phi) is 3.93. The van der Waals surface area contributed by atoms with E-state index in [0.29, 0.717) is 6.04 Å². The van der Waals surface area contributed by atoms with Crippen LogP contribution in [0.1, 0.15) is 26.2 Å². The number of anilines is 1. The molecule has 3 nitrogen and oxygen atoms in total. The lowest BCUT2D eigenvalue weighted by Crippen LogP contribution is -2.28. The van der Waals surface area contributed by atoms with E-state index in [-0.39, 0.29) is 0 Å². The molecule has 86 valence electrons. The summed E-state index contributed by atoms with van der Waals surface area (Å²) in [6.45, 7) is 3.04. The van der Waals surface area contributed by atoms with Crippen LogP contribution in [-0.2, 0) is 0 Å². The lowest BCUT2D eigenvalue weighted by molar-refractivity contribution is 0.584. The number of hydrogen-bond acceptors (Lipinski definition) is 3. The molecule has 0 bridgehead atoms. The first-order valence-corrected chi connectivity index (χ1v) is 6.52. The van der Waals surface area contributed by atoms with Gasteiger partial charge in [0, 0.05) is 4.47 Å². The highest BCUT2D eigenvalue weighted by Crippen LogP contribution is 2.26. The van der Waals surface area contributed by atoms with Gasteiger partial charge in [-0.25, -0.2) is 5.01 Å². The van der Waals surface area contributed by atoms with Gasteiger partial charge in [-0.2, -0.15) is 5.11 Å². The van der Waals surface area contributed by atoms with E-state index in [2.05, 4.69) is 45.3 Å². The third kappa shape index (κ3) is 2.61. The van der Waals surface area contributed by atoms with Crippen molar-refractivity contribution in [3.8, 4) is 0 Å². The highest BCUT2D eigenvalue weighted by atomic mass is 79.9. The second-order valence-corrected chi connectivity index (χ2v) is 4.95. The molecule has 0 radical (unpaired) electrons. The van der Waals surface area contributed by atoms with Gasteiger partial charge in [0.25, 0.3) is 0 Å². The molecule has 1 unspecified atom stereocenters. The second kappa shape index (κ2) is 5.43. The number of hydrogen-bond donors (Lipinski definition) is 0. The summed E-state index contributed by atoms with van der Waals surface area (Å²) in [7, 11) is 0. The summed E-state index contributed by atoms with van der Waals surface area (Å²) >= 11 is 3.44. The zero-order valence-corrected chi connectivity index (χ0v) is 11.0. The Morgan fingerprint density at radius 1 is 1.38 bits per heavy atom. The van der Waals surface area contributed by atoms with Crippen LogP contribution >= 0.6 is 15.9 Å². The van der Waals surface area contributed by atoms with E-state index in [0.717, 1.165) is 16.7 Å². The van der Waals surface area contributed by atoms with Gasteiger partial charge in [0.05, 0.1) is 18.3 Å². The van der Waals surface area contributed by atoms with Crippen molar-refractivity contribution >= 4 is 21.6 Å². The quantitative estimate of drug-likeness (QED) is 0.813. The van der Waals surface area contributed by atoms with Crippen LogP contribution in [-0.4, -0.2) is 12.6 Å². The highest BCUT2D eigenvalue weighted by molar-refractivity contribution is 9.10. The van der Waals surface area contributed by atoms with Crippen LogP contribution in [0.2, 0.25) is 0 Å². The van der Waals surface area contributed by atoms with Crippen molar-refractivity contribution in [3.63, 3.8) is 0 Å². The van der Waals surface area contributed by atoms with Gasteiger partial charge in [0.2, 0.25) is 0 Å². The molecule has 0 amide bonds. The van der Waals surface area contributed by atoms with Crippen LogP contribution in [0, 0.1) is 0 Å². The van der Waals surface area contributed by atoms with Gasteiger partial charge >= 0.3 is 0 Å². The van der Waals surface area contributed by atoms with Gasteiger partial charge in [-0.05, 0) is 30.7 Å². The topological polar surface area (TPSA) is 28.0 Å². The van der Waals surface area contributed by atoms with Gasteiger partial charge in [-0.3, -0.25) is 0 Å². The summed E-state index contributed by atoms with van der Waals surface area (Å²) in [5.74, 6) is 0. The Hall–Kier alpha value is -0.900. The first-order valence-electron chi connectivity index (χ1n) is 5.73. The maximum Gasteiger partial charge on any atom is 0.0845 e. The largest absolute Gasteiger partial charge is 0.242 e. The molecule has 16 heavy (non-hydrogen) atoms. The Bertz CT molecular complexity index is 361. The van der Waals surface area contributed by atoms with Gasteiger partial charge in [-0.1, -0.05) is 40.9 Å². The second-order valence-electron chi connectivity index (χ2n) is 4.03. The minimum atomic E-state index is 0.445. The number of benzene rings is 1. The van der Waals surface area contributed by atoms with Crippen LogP contribution in [0.5, 0.6) is 0 Å². The molecular formula is C12H16BrN3. The summed E-state index contributed by atoms with van der Waals surface area (Å²) in [4.78, 5) is 0. The van der Waals surface area contributed by atoms with E-state index >= 15 is 0 Å². The molecule has 1 aliphatic heterocycles. The number of unbranched alkanes of at least 4 members (excludes halogenated alkanes) is 1. The van der Waals surface area contributed by atoms with E-state index in [4.69, 9.17) is 0 Å². The fraction of sp³-hybridized carbons (Fsp3) is 0.500. The first-order chi connectivity index (χ1) is 7.81. The molecule has 4 heteroatoms. The molecule has 0 saturated carbocycles. The van der Waals surface area contributed by atoms with E-state index < -0.39 is 0 Å². The molecule has 0 aliphatic carbocycles. The Morgan fingerprint density at radius 3 is 2.81 bits per heavy atom. The number of rotatable bonds is 4. The summed E-state index contributed by atoms with van der Waals surface area (Å²) in [6, 6.07) is 8.68. The Morgan fingerprint density at radius 2 is 2.12 bits per heavy atom. The smallest absolute Gasteiger partial charge is 0.0845 e. The summed E-state index contributed by atoms with van der Waals surface area (Å²) in [5.41, 5.74) is 1.13. The summed E-state index contributed by atoms with van der Waals surface area (Å²) in [6.07, 6.45) is 3.63. The van der Waals surface area contributed by atoms with Crippen molar-refractivity contribution in [1.82, 2.24) is 0 Å². The molecule has 0 N–H and O–H groups in total. The molecule has 0 spiro atoms. The molecule has 2 rings (SSSR count). The standard InChI is InChI=1S/C12H16BrN3/c1-2-3-4-12-9-14-15-16(12)11-7-5-10(13)6-8-11/h5-8,12H,2-4,9H2,1H3. The summed E-state index contributed by atoms with van der Waals surface area (Å²) < 4.78 is 1.09. The molecule has 1 heterocycles. The summed E-state index contributed by atoms with van der Waals surface area (Å²) in [5, 5.41) is 10.4. The lowest BCUT2D eigenvalue weighted by atomic mass is 10.1. The van der Waals surface area contributed by atoms with Crippen molar-refractivity contribution in [2.75, 3.05) is 11.6 Å². The van der Waals surface area contributed by atoms with Crippen LogP contribution in [0.4, 0.5) is 5.69 Å². The molecule has 1 aromatic carbocycles. The molecule has 1 atom stereocenters. The minimum absolute atomic E-state index is 0.445. The normalized spacial score (nSPS) is 19.4. The first kappa shape index (κ1) is 11.6. The lowest BCUT2D eigenvalue weighted by Gasteiger charge is -2.21. The minimum Gasteiger partial charge on any atom is -0.242 e. The van der Waals surface area contributed by atoms with Crippen molar-refractivity contribution in [1.29, 1.82) is 0 Å². The maximum atomic E-state index is 4.21. The predicted molar refractivity (Wildman–Crippen MR) is 69.7 cm³/mol. The van der Waals surface area contributed by atoms with Crippen molar-refractivity contribution in [2.24, 2.45) is 10.3 Å². The third-order valence-corrected chi connectivity index (χ3v) is 3.31. The van der Waals surface area contributed by atoms with Gasteiger partial charge in [0.15, 0.2) is 0 Å². The number of halogens is 1. The van der Waals surface area contributed by atoms with Crippen molar-refractivity contribution in [3.05, 3.63) is 28.7 Å². The van der Waals surface area contributed by atoms with E-state index in [9.17, 15) is 0 Å². The van der Waals surface area contributed by atoms with Crippen LogP contribution in [0.25, 0.3) is 0 Å². The van der Waals surface area contributed by atoms with E-state index in [1.54, 1.807) is 0 Å². The third-order valence-electron chi connectivity index (χ3n) is 2.78. The average Bonchev–Trinajstić information content (AvgIpc) is 2.75. The molecule has 1 aliphatic rings. The monoisotopic (exact) mass is 281 g/mol. The molecule has 1 aromatic rings. The maximum absolute atomic E-state index is 4.21. The zero-order chi connectivity index (χ0) is 11.4. The fourth-order valence-corrected chi connectivity index (χ4v) is 2.12. The molecule has 0 saturated heterocycles. The highest BCUT2D eigenvalue weighted by Gasteiger charge is 2.22. The van der Waals surface area contributed by atoms with Crippen LogP contribution in [0.3, 0.4) is 0 Å². The SMILES string of the molecule is CCCCC1CN=NN1c1ccc(Br)cc1. The van der Waals surface area contributed by atoms with E-state index in [1.165, 1.54) is 19.3 Å². The average molecular weight is 282 g/mol. The fourth-order valence-electron chi connectivity index (χ4n) is 1.86. The molecule has 0 fully saturated rings. The molecular weight excluding hydrogens is 266 g/mol. The zero-order valence-electron chi connectivity index (χ0n) is 9.43. The van der Waals surface area contributed by atoms with Gasteiger partial charge < -0.3 is 0 Å². The van der Waals surface area contributed by atoms with Crippen molar-refractivity contribution < 1.29 is 0 Å². The van der Waals surface area contributed by atoms with E-state index in [1.807, 2.05) is 17.1 Å². The van der Waals surface area contributed by atoms with Crippen molar-refractivity contribution in [2.45, 2.75) is 32.2 Å². The molecule has 0 aromatic heterocycles. The van der Waals surface area contributed by atoms with Crippen LogP contribution in [0.15, 0.2) is 39.1 Å².